The van der Waals surface area contributed by atoms with Gasteiger partial charge < -0.3 is 19.5 Å². The second-order valence-corrected chi connectivity index (χ2v) is 5.61. The van der Waals surface area contributed by atoms with E-state index < -0.39 is 0 Å². The largest absolute Gasteiger partial charge is 0.496 e. The molecule has 0 fully saturated rings. The van der Waals surface area contributed by atoms with E-state index in [1.54, 1.807) is 7.11 Å². The van der Waals surface area contributed by atoms with E-state index in [0.717, 1.165) is 22.8 Å². The van der Waals surface area contributed by atoms with Gasteiger partial charge in [-0.3, -0.25) is 4.79 Å². The van der Waals surface area contributed by atoms with E-state index in [1.807, 2.05) is 48.5 Å². The number of para-hydroxylation sites is 3. The third-order valence-corrected chi connectivity index (χ3v) is 3.91. The van der Waals surface area contributed by atoms with Crippen molar-refractivity contribution in [3.63, 3.8) is 0 Å². The molecular weight excluding hydrogens is 306 g/mol. The Balaban J connectivity index is 1.45. The van der Waals surface area contributed by atoms with E-state index in [9.17, 15) is 4.79 Å². The highest BCUT2D eigenvalue weighted by atomic mass is 16.6. The van der Waals surface area contributed by atoms with Crippen LogP contribution in [0, 0.1) is 0 Å². The summed E-state index contributed by atoms with van der Waals surface area (Å²) in [6.07, 6.45) is 0.876. The number of ether oxygens (including phenoxy) is 3. The molecule has 0 saturated carbocycles. The van der Waals surface area contributed by atoms with Crippen LogP contribution in [0.2, 0.25) is 0 Å². The molecule has 0 saturated heterocycles. The monoisotopic (exact) mass is 327 g/mol. The summed E-state index contributed by atoms with van der Waals surface area (Å²) in [4.78, 5) is 12.1. The number of hydrogen-bond donors (Lipinski definition) is 1. The molecule has 0 spiro atoms. The summed E-state index contributed by atoms with van der Waals surface area (Å²) in [5.41, 5.74) is 1.03. The first-order valence-electron chi connectivity index (χ1n) is 8.03. The lowest BCUT2D eigenvalue weighted by Gasteiger charge is -2.26. The van der Waals surface area contributed by atoms with Crippen LogP contribution in [0.5, 0.6) is 17.2 Å². The number of carbonyl (C=O) groups excluding carboxylic acids is 1. The number of methoxy groups -OCH3 is 1. The summed E-state index contributed by atoms with van der Waals surface area (Å²) in [7, 11) is 1.64. The van der Waals surface area contributed by atoms with Gasteiger partial charge in [-0.1, -0.05) is 30.3 Å². The Morgan fingerprint density at radius 3 is 2.75 bits per heavy atom. The topological polar surface area (TPSA) is 56.8 Å². The van der Waals surface area contributed by atoms with E-state index in [-0.39, 0.29) is 12.0 Å². The van der Waals surface area contributed by atoms with Crippen molar-refractivity contribution < 1.29 is 19.0 Å². The first-order valence-corrected chi connectivity index (χ1v) is 8.03. The zero-order valence-corrected chi connectivity index (χ0v) is 13.7. The SMILES string of the molecule is COc1ccccc1CCC(=O)NCC1COc2ccccc2O1. The third kappa shape index (κ3) is 3.98. The summed E-state index contributed by atoms with van der Waals surface area (Å²) in [6, 6.07) is 15.3. The molecule has 1 aliphatic heterocycles. The van der Waals surface area contributed by atoms with Gasteiger partial charge in [0.1, 0.15) is 18.5 Å². The Morgan fingerprint density at radius 2 is 1.92 bits per heavy atom. The van der Waals surface area contributed by atoms with Gasteiger partial charge in [-0.25, -0.2) is 0 Å². The molecule has 5 heteroatoms. The van der Waals surface area contributed by atoms with E-state index >= 15 is 0 Å². The molecule has 24 heavy (non-hydrogen) atoms. The summed E-state index contributed by atoms with van der Waals surface area (Å²) >= 11 is 0. The maximum absolute atomic E-state index is 12.1. The number of benzene rings is 2. The molecule has 1 unspecified atom stereocenters. The van der Waals surface area contributed by atoms with Crippen LogP contribution >= 0.6 is 0 Å². The molecule has 1 amide bonds. The number of aryl methyl sites for hydroxylation is 1. The Labute approximate surface area is 141 Å². The Bertz CT molecular complexity index is 701. The first-order chi connectivity index (χ1) is 11.8. The molecule has 0 bridgehead atoms. The molecule has 5 nitrogen and oxygen atoms in total. The summed E-state index contributed by atoms with van der Waals surface area (Å²) in [6.45, 7) is 0.864. The summed E-state index contributed by atoms with van der Waals surface area (Å²) < 4.78 is 16.8. The number of carbonyl (C=O) groups is 1. The van der Waals surface area contributed by atoms with E-state index in [2.05, 4.69) is 5.32 Å². The highest BCUT2D eigenvalue weighted by molar-refractivity contribution is 5.76. The zero-order valence-electron chi connectivity index (χ0n) is 13.7. The maximum Gasteiger partial charge on any atom is 0.220 e. The summed E-state index contributed by atoms with van der Waals surface area (Å²) in [5.74, 6) is 2.27. The smallest absolute Gasteiger partial charge is 0.220 e. The highest BCUT2D eigenvalue weighted by Gasteiger charge is 2.20. The predicted octanol–water partition coefficient (Wildman–Crippen LogP) is 2.58. The van der Waals surface area contributed by atoms with Crippen LogP contribution in [0.1, 0.15) is 12.0 Å². The van der Waals surface area contributed by atoms with Crippen LogP contribution in [0.3, 0.4) is 0 Å². The standard InChI is InChI=1S/C19H21NO4/c1-22-16-7-3-2-6-14(16)10-11-19(21)20-12-15-13-23-17-8-4-5-9-18(17)24-15/h2-9,15H,10-13H2,1H3,(H,20,21). The molecule has 2 aromatic carbocycles. The molecule has 2 aromatic rings. The van der Waals surface area contributed by atoms with Crippen LogP contribution in [0.4, 0.5) is 0 Å². The Hall–Kier alpha value is -2.69. The number of fused-ring (bicyclic) bond motifs is 1. The Morgan fingerprint density at radius 1 is 1.17 bits per heavy atom. The maximum atomic E-state index is 12.1. The molecule has 1 heterocycles. The molecule has 0 radical (unpaired) electrons. The fourth-order valence-corrected chi connectivity index (χ4v) is 2.64. The number of rotatable bonds is 6. The van der Waals surface area contributed by atoms with E-state index in [0.29, 0.717) is 26.0 Å². The number of amides is 1. The quantitative estimate of drug-likeness (QED) is 0.886. The average molecular weight is 327 g/mol. The van der Waals surface area contributed by atoms with Crippen molar-refractivity contribution in [3.8, 4) is 17.2 Å². The minimum absolute atomic E-state index is 0.0108. The molecular formula is C19H21NO4. The molecule has 1 N–H and O–H groups in total. The van der Waals surface area contributed by atoms with Gasteiger partial charge in [-0.2, -0.15) is 0 Å². The van der Waals surface area contributed by atoms with Crippen LogP contribution < -0.4 is 19.5 Å². The van der Waals surface area contributed by atoms with Gasteiger partial charge in [0.15, 0.2) is 11.5 Å². The average Bonchev–Trinajstić information content (AvgIpc) is 2.64. The lowest BCUT2D eigenvalue weighted by Crippen LogP contribution is -2.40. The fraction of sp³-hybridized carbons (Fsp3) is 0.316. The van der Waals surface area contributed by atoms with Crippen molar-refractivity contribution >= 4 is 5.91 Å². The number of nitrogens with one attached hydrogen (secondary N) is 1. The van der Waals surface area contributed by atoms with Crippen LogP contribution in [-0.4, -0.2) is 32.3 Å². The number of hydrogen-bond acceptors (Lipinski definition) is 4. The van der Waals surface area contributed by atoms with Gasteiger partial charge in [0.2, 0.25) is 5.91 Å². The van der Waals surface area contributed by atoms with Gasteiger partial charge in [0.25, 0.3) is 0 Å². The molecule has 126 valence electrons. The van der Waals surface area contributed by atoms with Crippen LogP contribution in [0.15, 0.2) is 48.5 Å². The lowest BCUT2D eigenvalue weighted by molar-refractivity contribution is -0.121. The van der Waals surface area contributed by atoms with Crippen molar-refractivity contribution in [2.24, 2.45) is 0 Å². The normalized spacial score (nSPS) is 15.6. The van der Waals surface area contributed by atoms with Gasteiger partial charge in [-0.15, -0.1) is 0 Å². The van der Waals surface area contributed by atoms with Crippen LogP contribution in [0.25, 0.3) is 0 Å². The molecule has 1 aliphatic rings. The van der Waals surface area contributed by atoms with E-state index in [1.165, 1.54) is 0 Å². The highest BCUT2D eigenvalue weighted by Crippen LogP contribution is 2.30. The second-order valence-electron chi connectivity index (χ2n) is 5.61. The molecule has 0 aliphatic carbocycles. The third-order valence-electron chi connectivity index (χ3n) is 3.91. The van der Waals surface area contributed by atoms with Crippen molar-refractivity contribution in [2.75, 3.05) is 20.3 Å². The fourth-order valence-electron chi connectivity index (χ4n) is 2.64. The minimum atomic E-state index is -0.171. The van der Waals surface area contributed by atoms with Gasteiger partial charge in [-0.05, 0) is 30.2 Å². The predicted molar refractivity (Wildman–Crippen MR) is 90.7 cm³/mol. The van der Waals surface area contributed by atoms with Gasteiger partial charge in [0.05, 0.1) is 13.7 Å². The molecule has 3 rings (SSSR count). The van der Waals surface area contributed by atoms with Crippen molar-refractivity contribution in [2.45, 2.75) is 18.9 Å². The first kappa shape index (κ1) is 16.2. The zero-order chi connectivity index (χ0) is 16.8. The lowest BCUT2D eigenvalue weighted by atomic mass is 10.1. The second kappa shape index (κ2) is 7.73. The minimum Gasteiger partial charge on any atom is -0.496 e. The molecule has 1 atom stereocenters. The van der Waals surface area contributed by atoms with E-state index in [4.69, 9.17) is 14.2 Å². The van der Waals surface area contributed by atoms with Crippen molar-refractivity contribution in [3.05, 3.63) is 54.1 Å². The van der Waals surface area contributed by atoms with Gasteiger partial charge >= 0.3 is 0 Å². The Kier molecular flexibility index (Phi) is 5.21. The van der Waals surface area contributed by atoms with Crippen LogP contribution in [-0.2, 0) is 11.2 Å². The van der Waals surface area contributed by atoms with Gasteiger partial charge in [0, 0.05) is 6.42 Å². The molecule has 0 aromatic heterocycles. The van der Waals surface area contributed by atoms with Crippen molar-refractivity contribution in [1.29, 1.82) is 0 Å². The van der Waals surface area contributed by atoms with Crippen molar-refractivity contribution in [1.82, 2.24) is 5.32 Å². The summed E-state index contributed by atoms with van der Waals surface area (Å²) in [5, 5.41) is 2.91.